The number of carbonyl (C=O) groups excluding carboxylic acids is 2. The van der Waals surface area contributed by atoms with E-state index in [9.17, 15) is 9.59 Å². The highest BCUT2D eigenvalue weighted by molar-refractivity contribution is 5.96. The molecule has 0 radical (unpaired) electrons. The number of carbonyl (C=O) groups is 2. The highest BCUT2D eigenvalue weighted by Gasteiger charge is 2.18. The van der Waals surface area contributed by atoms with Crippen LogP contribution in [0.5, 0.6) is 5.75 Å². The van der Waals surface area contributed by atoms with Gasteiger partial charge in [-0.25, -0.2) is 4.79 Å². The van der Waals surface area contributed by atoms with Crippen molar-refractivity contribution in [3.63, 3.8) is 0 Å². The van der Waals surface area contributed by atoms with E-state index >= 15 is 0 Å². The zero-order chi connectivity index (χ0) is 18.6. The molecule has 0 saturated heterocycles. The lowest BCUT2D eigenvalue weighted by molar-refractivity contribution is -0.119. The van der Waals surface area contributed by atoms with Gasteiger partial charge in [-0.2, -0.15) is 5.10 Å². The summed E-state index contributed by atoms with van der Waals surface area (Å²) in [5.41, 5.74) is 1.81. The second-order valence-corrected chi connectivity index (χ2v) is 6.69. The molecule has 25 heavy (non-hydrogen) atoms. The van der Waals surface area contributed by atoms with Crippen LogP contribution in [0.25, 0.3) is 0 Å². The number of amides is 1. The molecule has 0 saturated carbocycles. The first-order valence-corrected chi connectivity index (χ1v) is 7.85. The second-order valence-electron chi connectivity index (χ2n) is 6.69. The number of anilines is 1. The standard InChI is InChI=1S/C18H23N3O4/c1-18(2,3)13-6-7-15(24-5)14(8-13)20-16(22)11-25-17(23)12-9-19-21(4)10-12/h6-10H,11H2,1-5H3,(H,20,22). The van der Waals surface area contributed by atoms with E-state index in [0.717, 1.165) is 5.56 Å². The summed E-state index contributed by atoms with van der Waals surface area (Å²) in [6, 6.07) is 5.62. The van der Waals surface area contributed by atoms with Crippen LogP contribution in [0.1, 0.15) is 36.7 Å². The molecule has 1 aromatic heterocycles. The quantitative estimate of drug-likeness (QED) is 0.842. The lowest BCUT2D eigenvalue weighted by atomic mass is 9.87. The maximum atomic E-state index is 12.1. The van der Waals surface area contributed by atoms with Gasteiger partial charge in [-0.1, -0.05) is 26.8 Å². The summed E-state index contributed by atoms with van der Waals surface area (Å²) in [5, 5.41) is 6.61. The van der Waals surface area contributed by atoms with Crippen LogP contribution in [0.2, 0.25) is 0 Å². The van der Waals surface area contributed by atoms with Crippen LogP contribution in [0.15, 0.2) is 30.6 Å². The average Bonchev–Trinajstić information content (AvgIpc) is 2.98. The van der Waals surface area contributed by atoms with Gasteiger partial charge in [-0.15, -0.1) is 0 Å². The Hall–Kier alpha value is -2.83. The van der Waals surface area contributed by atoms with Crippen LogP contribution < -0.4 is 10.1 Å². The van der Waals surface area contributed by atoms with Crippen molar-refractivity contribution < 1.29 is 19.1 Å². The molecule has 0 aliphatic heterocycles. The number of esters is 1. The Labute approximate surface area is 146 Å². The SMILES string of the molecule is COc1ccc(C(C)(C)C)cc1NC(=O)COC(=O)c1cnn(C)c1. The van der Waals surface area contributed by atoms with Crippen molar-refractivity contribution in [3.8, 4) is 5.75 Å². The van der Waals surface area contributed by atoms with Crippen LogP contribution in [0.3, 0.4) is 0 Å². The smallest absolute Gasteiger partial charge is 0.341 e. The van der Waals surface area contributed by atoms with Gasteiger partial charge < -0.3 is 14.8 Å². The molecule has 2 aromatic rings. The van der Waals surface area contributed by atoms with Gasteiger partial charge >= 0.3 is 5.97 Å². The van der Waals surface area contributed by atoms with Gasteiger partial charge in [0.1, 0.15) is 5.75 Å². The summed E-state index contributed by atoms with van der Waals surface area (Å²) in [6.07, 6.45) is 2.91. The molecule has 134 valence electrons. The highest BCUT2D eigenvalue weighted by Crippen LogP contribution is 2.31. The fourth-order valence-corrected chi connectivity index (χ4v) is 2.20. The number of hydrogen-bond acceptors (Lipinski definition) is 5. The monoisotopic (exact) mass is 345 g/mol. The first kappa shape index (κ1) is 18.5. The molecule has 7 nitrogen and oxygen atoms in total. The molecular formula is C18H23N3O4. The van der Waals surface area contributed by atoms with Crippen molar-refractivity contribution in [1.82, 2.24) is 9.78 Å². The summed E-state index contributed by atoms with van der Waals surface area (Å²) in [5.74, 6) is -0.500. The zero-order valence-electron chi connectivity index (χ0n) is 15.1. The minimum atomic E-state index is -0.598. The fraction of sp³-hybridized carbons (Fsp3) is 0.389. The third-order valence-corrected chi connectivity index (χ3v) is 3.61. The van der Waals surface area contributed by atoms with Crippen LogP contribution in [-0.2, 0) is 22.0 Å². The van der Waals surface area contributed by atoms with E-state index in [-0.39, 0.29) is 5.41 Å². The van der Waals surface area contributed by atoms with E-state index in [4.69, 9.17) is 9.47 Å². The molecule has 0 atom stereocenters. The number of rotatable bonds is 5. The molecule has 0 unspecified atom stereocenters. The minimum Gasteiger partial charge on any atom is -0.495 e. The van der Waals surface area contributed by atoms with Crippen LogP contribution in [0, 0.1) is 0 Å². The van der Waals surface area contributed by atoms with Crippen LogP contribution >= 0.6 is 0 Å². The summed E-state index contributed by atoms with van der Waals surface area (Å²) >= 11 is 0. The summed E-state index contributed by atoms with van der Waals surface area (Å²) < 4.78 is 11.8. The first-order valence-electron chi connectivity index (χ1n) is 7.85. The van der Waals surface area contributed by atoms with E-state index < -0.39 is 18.5 Å². The number of ether oxygens (including phenoxy) is 2. The molecule has 0 fully saturated rings. The predicted molar refractivity (Wildman–Crippen MR) is 93.8 cm³/mol. The molecule has 1 N–H and O–H groups in total. The number of benzene rings is 1. The van der Waals surface area contributed by atoms with Crippen molar-refractivity contribution in [2.45, 2.75) is 26.2 Å². The molecule has 1 amide bonds. The molecule has 0 aliphatic rings. The number of hydrogen-bond donors (Lipinski definition) is 1. The fourth-order valence-electron chi connectivity index (χ4n) is 2.20. The van der Waals surface area contributed by atoms with Crippen LogP contribution in [0.4, 0.5) is 5.69 Å². The molecule has 0 bridgehead atoms. The zero-order valence-corrected chi connectivity index (χ0v) is 15.1. The van der Waals surface area contributed by atoms with Crippen LogP contribution in [-0.4, -0.2) is 35.4 Å². The summed E-state index contributed by atoms with van der Waals surface area (Å²) in [7, 11) is 3.22. The van der Waals surface area contributed by atoms with Gasteiger partial charge in [0.15, 0.2) is 6.61 Å². The normalized spacial score (nSPS) is 11.1. The van der Waals surface area contributed by atoms with Gasteiger partial charge in [-0.3, -0.25) is 9.48 Å². The predicted octanol–water partition coefficient (Wildman–Crippen LogP) is 2.52. The third kappa shape index (κ3) is 4.82. The molecule has 7 heteroatoms. The maximum absolute atomic E-state index is 12.1. The molecule has 1 aromatic carbocycles. The number of nitrogens with one attached hydrogen (secondary N) is 1. The van der Waals surface area contributed by atoms with Gasteiger partial charge in [0, 0.05) is 13.2 Å². The molecule has 1 heterocycles. The van der Waals surface area contributed by atoms with Crippen molar-refractivity contribution in [2.75, 3.05) is 19.0 Å². The number of aromatic nitrogens is 2. The van der Waals surface area contributed by atoms with E-state index in [1.165, 1.54) is 24.2 Å². The van der Waals surface area contributed by atoms with Gasteiger partial charge in [-0.05, 0) is 23.1 Å². The van der Waals surface area contributed by atoms with E-state index in [1.54, 1.807) is 13.1 Å². The second kappa shape index (κ2) is 7.38. The largest absolute Gasteiger partial charge is 0.495 e. The minimum absolute atomic E-state index is 0.0709. The molecule has 2 rings (SSSR count). The van der Waals surface area contributed by atoms with E-state index in [1.807, 2.05) is 12.1 Å². The maximum Gasteiger partial charge on any atom is 0.341 e. The van der Waals surface area contributed by atoms with Crippen molar-refractivity contribution in [3.05, 3.63) is 41.7 Å². The lowest BCUT2D eigenvalue weighted by Crippen LogP contribution is -2.21. The number of aryl methyl sites for hydroxylation is 1. The van der Waals surface area contributed by atoms with E-state index in [2.05, 4.69) is 31.2 Å². The Morgan fingerprint density at radius 1 is 1.28 bits per heavy atom. The Balaban J connectivity index is 2.03. The third-order valence-electron chi connectivity index (χ3n) is 3.61. The average molecular weight is 345 g/mol. The molecule has 0 aliphatic carbocycles. The van der Waals surface area contributed by atoms with Gasteiger partial charge in [0.2, 0.25) is 0 Å². The topological polar surface area (TPSA) is 82.4 Å². The van der Waals surface area contributed by atoms with Crippen molar-refractivity contribution in [1.29, 1.82) is 0 Å². The molecule has 0 spiro atoms. The summed E-state index contributed by atoms with van der Waals surface area (Å²) in [4.78, 5) is 24.0. The lowest BCUT2D eigenvalue weighted by Gasteiger charge is -2.21. The van der Waals surface area contributed by atoms with Crippen molar-refractivity contribution >= 4 is 17.6 Å². The Morgan fingerprint density at radius 3 is 2.56 bits per heavy atom. The Bertz CT molecular complexity index is 775. The first-order chi connectivity index (χ1) is 11.7. The van der Waals surface area contributed by atoms with Crippen molar-refractivity contribution in [2.24, 2.45) is 7.05 Å². The number of methoxy groups -OCH3 is 1. The highest BCUT2D eigenvalue weighted by atomic mass is 16.5. The Kier molecular flexibility index (Phi) is 5.46. The summed E-state index contributed by atoms with van der Waals surface area (Å²) in [6.45, 7) is 5.85. The number of nitrogens with zero attached hydrogens (tertiary/aromatic N) is 2. The Morgan fingerprint density at radius 2 is 2.00 bits per heavy atom. The van der Waals surface area contributed by atoms with Gasteiger partial charge in [0.25, 0.3) is 5.91 Å². The van der Waals surface area contributed by atoms with E-state index in [0.29, 0.717) is 17.0 Å². The molecular weight excluding hydrogens is 322 g/mol. The van der Waals surface area contributed by atoms with Gasteiger partial charge in [0.05, 0.1) is 24.6 Å².